The number of hydrogen-bond acceptors (Lipinski definition) is 6. The maximum Gasteiger partial charge on any atom is 0.145 e. The third-order valence-electron chi connectivity index (χ3n) is 4.09. The van der Waals surface area contributed by atoms with E-state index in [1.807, 2.05) is 18.2 Å². The molecule has 0 saturated carbocycles. The Bertz CT molecular complexity index is 890. The van der Waals surface area contributed by atoms with Crippen LogP contribution in [0, 0.1) is 0 Å². The molecule has 0 saturated heterocycles. The highest BCUT2D eigenvalue weighted by molar-refractivity contribution is 7.98. The molecule has 3 heterocycles. The van der Waals surface area contributed by atoms with E-state index >= 15 is 0 Å². The van der Waals surface area contributed by atoms with Crippen LogP contribution in [0.4, 0.5) is 5.82 Å². The van der Waals surface area contributed by atoms with E-state index in [0.717, 1.165) is 22.5 Å². The van der Waals surface area contributed by atoms with Crippen LogP contribution >= 0.6 is 23.1 Å². The van der Waals surface area contributed by atoms with Gasteiger partial charge in [0.05, 0.1) is 28.2 Å². The maximum atomic E-state index is 6.21. The third kappa shape index (κ3) is 3.01. The molecule has 0 bridgehead atoms. The van der Waals surface area contributed by atoms with E-state index in [2.05, 4.69) is 31.0 Å². The molecule has 0 radical (unpaired) electrons. The van der Waals surface area contributed by atoms with Crippen molar-refractivity contribution in [2.75, 3.05) is 5.73 Å². The van der Waals surface area contributed by atoms with Crippen molar-refractivity contribution in [2.24, 2.45) is 0 Å². The number of nitrogen functional groups attached to an aromatic ring is 1. The molecule has 1 aromatic carbocycles. The van der Waals surface area contributed by atoms with Crippen LogP contribution in [0.3, 0.4) is 0 Å². The van der Waals surface area contributed by atoms with Crippen LogP contribution in [-0.4, -0.2) is 15.6 Å². The number of hydrogen-bond donors (Lipinski definition) is 1. The van der Waals surface area contributed by atoms with Crippen molar-refractivity contribution in [2.45, 2.75) is 43.1 Å². The lowest BCUT2D eigenvalue weighted by molar-refractivity contribution is -0.0383. The molecule has 3 aromatic rings. The van der Waals surface area contributed by atoms with Crippen molar-refractivity contribution in [1.82, 2.24) is 9.97 Å². The molecule has 0 unspecified atom stereocenters. The van der Waals surface area contributed by atoms with Crippen LogP contribution in [0.15, 0.2) is 35.2 Å². The normalized spacial score (nSPS) is 16.2. The molecule has 4 nitrogen and oxygen atoms in total. The molecule has 24 heavy (non-hydrogen) atoms. The molecule has 1 aliphatic rings. The molecular weight excluding hydrogens is 338 g/mol. The first-order chi connectivity index (χ1) is 11.5. The summed E-state index contributed by atoms with van der Waals surface area (Å²) in [6.45, 7) is 4.85. The van der Waals surface area contributed by atoms with E-state index < -0.39 is 0 Å². The predicted octanol–water partition coefficient (Wildman–Crippen LogP) is 4.42. The number of benzene rings is 1. The van der Waals surface area contributed by atoms with Gasteiger partial charge in [-0.05, 0) is 26.0 Å². The largest absolute Gasteiger partial charge is 0.382 e. The summed E-state index contributed by atoms with van der Waals surface area (Å²) in [6.07, 6.45) is 0.900. The van der Waals surface area contributed by atoms with Crippen molar-refractivity contribution in [1.29, 1.82) is 0 Å². The molecule has 2 N–H and O–H groups in total. The van der Waals surface area contributed by atoms with E-state index in [0.29, 0.717) is 18.2 Å². The number of thiophene rings is 1. The second-order valence-electron chi connectivity index (χ2n) is 6.53. The van der Waals surface area contributed by atoms with Gasteiger partial charge in [-0.25, -0.2) is 9.97 Å². The highest BCUT2D eigenvalue weighted by Crippen LogP contribution is 2.40. The molecule has 0 fully saturated rings. The summed E-state index contributed by atoms with van der Waals surface area (Å²) < 4.78 is 6.96. The Morgan fingerprint density at radius 2 is 2.04 bits per heavy atom. The van der Waals surface area contributed by atoms with Crippen LogP contribution in [0.1, 0.15) is 30.1 Å². The first-order valence-corrected chi connectivity index (χ1v) is 9.70. The molecule has 6 heteroatoms. The topological polar surface area (TPSA) is 61.0 Å². The summed E-state index contributed by atoms with van der Waals surface area (Å²) in [5.74, 6) is 2.07. The van der Waals surface area contributed by atoms with Crippen LogP contribution in [0.2, 0.25) is 0 Å². The van der Waals surface area contributed by atoms with E-state index in [1.165, 1.54) is 15.3 Å². The second kappa shape index (κ2) is 6.02. The fourth-order valence-corrected chi connectivity index (χ4v) is 5.00. The van der Waals surface area contributed by atoms with Gasteiger partial charge in [0.2, 0.25) is 0 Å². The van der Waals surface area contributed by atoms with Gasteiger partial charge in [-0.1, -0.05) is 18.2 Å². The third-order valence-corrected chi connectivity index (χ3v) is 6.34. The van der Waals surface area contributed by atoms with E-state index in [-0.39, 0.29) is 5.60 Å². The average molecular weight is 358 g/mol. The lowest BCUT2D eigenvalue weighted by Gasteiger charge is -2.29. The highest BCUT2D eigenvalue weighted by Gasteiger charge is 2.30. The molecule has 0 atom stereocenters. The monoisotopic (exact) mass is 357 g/mol. The molecule has 0 spiro atoms. The van der Waals surface area contributed by atoms with Gasteiger partial charge in [0.1, 0.15) is 11.6 Å². The highest BCUT2D eigenvalue weighted by atomic mass is 32.2. The van der Waals surface area contributed by atoms with Crippen LogP contribution < -0.4 is 5.73 Å². The quantitative estimate of drug-likeness (QED) is 0.703. The summed E-state index contributed by atoms with van der Waals surface area (Å²) in [6, 6.07) is 10.3. The summed E-state index contributed by atoms with van der Waals surface area (Å²) in [5, 5.41) is 0. The van der Waals surface area contributed by atoms with E-state index in [1.54, 1.807) is 23.1 Å². The Morgan fingerprint density at radius 1 is 1.25 bits per heavy atom. The number of thioether (sulfide) groups is 1. The summed E-state index contributed by atoms with van der Waals surface area (Å²) in [4.78, 5) is 11.8. The van der Waals surface area contributed by atoms with Crippen LogP contribution in [0.5, 0.6) is 0 Å². The predicted molar refractivity (Wildman–Crippen MR) is 100 cm³/mol. The Hall–Kier alpha value is -1.63. The number of anilines is 1. The number of nitrogens with zero attached hydrogens (tertiary/aromatic N) is 2. The van der Waals surface area contributed by atoms with Crippen LogP contribution in [-0.2, 0) is 23.5 Å². The van der Waals surface area contributed by atoms with Gasteiger partial charge < -0.3 is 10.5 Å². The maximum absolute atomic E-state index is 6.21. The minimum Gasteiger partial charge on any atom is -0.382 e. The molecule has 124 valence electrons. The summed E-state index contributed by atoms with van der Waals surface area (Å²) in [7, 11) is 0. The van der Waals surface area contributed by atoms with Gasteiger partial charge in [0, 0.05) is 21.8 Å². The zero-order valence-corrected chi connectivity index (χ0v) is 15.3. The summed E-state index contributed by atoms with van der Waals surface area (Å²) >= 11 is 3.44. The minimum absolute atomic E-state index is 0.123. The van der Waals surface area contributed by atoms with Gasteiger partial charge in [0.25, 0.3) is 0 Å². The first kappa shape index (κ1) is 15.9. The Kier molecular flexibility index (Phi) is 3.98. The lowest BCUT2D eigenvalue weighted by Crippen LogP contribution is -2.30. The first-order valence-electron chi connectivity index (χ1n) is 7.90. The number of nitrogens with two attached hydrogens (primary N) is 1. The fraction of sp³-hybridized carbons (Fsp3) is 0.333. The smallest absolute Gasteiger partial charge is 0.145 e. The fourth-order valence-electron chi connectivity index (χ4n) is 2.86. The molecular formula is C18H19N3OS2. The second-order valence-corrected chi connectivity index (χ2v) is 8.69. The molecule has 1 aliphatic heterocycles. The summed E-state index contributed by atoms with van der Waals surface area (Å²) in [5.41, 5.74) is 8.25. The SMILES string of the molecule is CC1(C)Cc2sc3c(N)nc(CSc4ccccc4)nc3c2CO1. The zero-order valence-electron chi connectivity index (χ0n) is 13.7. The van der Waals surface area contributed by atoms with Gasteiger partial charge >= 0.3 is 0 Å². The Morgan fingerprint density at radius 3 is 2.83 bits per heavy atom. The zero-order chi connectivity index (χ0) is 16.7. The molecule has 0 amide bonds. The molecule has 4 rings (SSSR count). The van der Waals surface area contributed by atoms with E-state index in [9.17, 15) is 0 Å². The lowest BCUT2D eigenvalue weighted by atomic mass is 9.98. The van der Waals surface area contributed by atoms with Crippen molar-refractivity contribution in [3.63, 3.8) is 0 Å². The standard InChI is InChI=1S/C18H19N3OS2/c1-18(2)8-13-12(9-22-18)15-16(24-13)17(19)21-14(20-15)10-23-11-6-4-3-5-7-11/h3-7H,8-10H2,1-2H3,(H2,19,20,21). The van der Waals surface area contributed by atoms with Crippen molar-refractivity contribution < 1.29 is 4.74 Å². The van der Waals surface area contributed by atoms with Crippen molar-refractivity contribution in [3.05, 3.63) is 46.6 Å². The van der Waals surface area contributed by atoms with Crippen molar-refractivity contribution >= 4 is 39.1 Å². The molecule has 0 aliphatic carbocycles. The number of fused-ring (bicyclic) bond motifs is 3. The van der Waals surface area contributed by atoms with E-state index in [4.69, 9.17) is 15.5 Å². The number of ether oxygens (including phenoxy) is 1. The Balaban J connectivity index is 1.67. The van der Waals surface area contributed by atoms with Gasteiger partial charge in [-0.3, -0.25) is 0 Å². The van der Waals surface area contributed by atoms with Gasteiger partial charge in [0.15, 0.2) is 0 Å². The van der Waals surface area contributed by atoms with Crippen molar-refractivity contribution in [3.8, 4) is 0 Å². The van der Waals surface area contributed by atoms with Crippen LogP contribution in [0.25, 0.3) is 10.2 Å². The number of aromatic nitrogens is 2. The Labute approximate surface area is 149 Å². The van der Waals surface area contributed by atoms with Gasteiger partial charge in [-0.2, -0.15) is 0 Å². The minimum atomic E-state index is -0.123. The number of rotatable bonds is 3. The average Bonchev–Trinajstić information content (AvgIpc) is 2.91. The molecule has 2 aromatic heterocycles. The van der Waals surface area contributed by atoms with Gasteiger partial charge in [-0.15, -0.1) is 23.1 Å².